The molecule has 1 aromatic carbocycles. The van der Waals surface area contributed by atoms with E-state index in [1.165, 1.54) is 24.3 Å². The lowest BCUT2D eigenvalue weighted by molar-refractivity contribution is -0.144. The van der Waals surface area contributed by atoms with E-state index in [-0.39, 0.29) is 5.84 Å². The number of carboxylic acid groups (broad SMARTS) is 2. The molecule has 8 N–H and O–H groups in total. The SMILES string of the molecule is CC(C)[C@H](NC(=O)[C@H](CC(=O)O)NC(=O)CNC(=O)COc1ccc(C(=N)N)cc1)C(=O)O. The van der Waals surface area contributed by atoms with Crippen molar-refractivity contribution >= 4 is 35.5 Å². The number of ether oxygens (including phenoxy) is 1. The Morgan fingerprint density at radius 1 is 1.03 bits per heavy atom. The number of hydrogen-bond acceptors (Lipinski definition) is 7. The second kappa shape index (κ2) is 12.6. The van der Waals surface area contributed by atoms with Crippen molar-refractivity contribution in [3.8, 4) is 5.75 Å². The van der Waals surface area contributed by atoms with Gasteiger partial charge in [0.1, 0.15) is 23.7 Å². The number of carboxylic acids is 2. The van der Waals surface area contributed by atoms with Gasteiger partial charge in [-0.05, 0) is 30.2 Å². The maximum atomic E-state index is 12.3. The Hall–Kier alpha value is -4.16. The van der Waals surface area contributed by atoms with Crippen molar-refractivity contribution in [3.05, 3.63) is 29.8 Å². The second-order valence-corrected chi connectivity index (χ2v) is 7.29. The lowest BCUT2D eigenvalue weighted by Gasteiger charge is -2.22. The van der Waals surface area contributed by atoms with Gasteiger partial charge in [0.05, 0.1) is 13.0 Å². The number of nitrogens with two attached hydrogens (primary N) is 1. The lowest BCUT2D eigenvalue weighted by Crippen LogP contribution is -2.55. The molecule has 0 aromatic heterocycles. The number of carbonyl (C=O) groups is 5. The monoisotopic (exact) mass is 465 g/mol. The number of rotatable bonds is 13. The minimum absolute atomic E-state index is 0.122. The number of aliphatic carboxylic acids is 2. The molecule has 0 heterocycles. The number of hydrogen-bond donors (Lipinski definition) is 7. The highest BCUT2D eigenvalue weighted by Crippen LogP contribution is 2.11. The molecule has 1 aromatic rings. The van der Waals surface area contributed by atoms with Gasteiger partial charge in [-0.25, -0.2) is 4.79 Å². The molecule has 0 saturated carbocycles. The molecule has 0 aliphatic carbocycles. The molecule has 0 unspecified atom stereocenters. The molecule has 3 amide bonds. The van der Waals surface area contributed by atoms with Crippen LogP contribution in [0.15, 0.2) is 24.3 Å². The number of carbonyl (C=O) groups excluding carboxylic acids is 3. The van der Waals surface area contributed by atoms with Gasteiger partial charge in [-0.3, -0.25) is 24.6 Å². The normalized spacial score (nSPS) is 12.2. The summed E-state index contributed by atoms with van der Waals surface area (Å²) < 4.78 is 5.24. The number of amides is 3. The summed E-state index contributed by atoms with van der Waals surface area (Å²) in [5.41, 5.74) is 5.82. The zero-order valence-corrected chi connectivity index (χ0v) is 18.1. The van der Waals surface area contributed by atoms with Crippen LogP contribution in [0.5, 0.6) is 5.75 Å². The highest BCUT2D eigenvalue weighted by molar-refractivity contribution is 5.95. The molecule has 33 heavy (non-hydrogen) atoms. The van der Waals surface area contributed by atoms with E-state index in [2.05, 4.69) is 16.0 Å². The third-order valence-electron chi connectivity index (χ3n) is 4.24. The van der Waals surface area contributed by atoms with Gasteiger partial charge in [0.25, 0.3) is 5.91 Å². The van der Waals surface area contributed by atoms with E-state index < -0.39 is 67.2 Å². The van der Waals surface area contributed by atoms with Gasteiger partial charge in [0.2, 0.25) is 11.8 Å². The van der Waals surface area contributed by atoms with Crippen LogP contribution in [-0.4, -0.2) is 70.9 Å². The van der Waals surface area contributed by atoms with Crippen LogP contribution in [0.25, 0.3) is 0 Å². The summed E-state index contributed by atoms with van der Waals surface area (Å²) in [6.07, 6.45) is -0.782. The molecular weight excluding hydrogens is 438 g/mol. The lowest BCUT2D eigenvalue weighted by atomic mass is 10.0. The molecule has 0 aliphatic heterocycles. The van der Waals surface area contributed by atoms with Crippen LogP contribution < -0.4 is 26.4 Å². The molecule has 1 rings (SSSR count). The van der Waals surface area contributed by atoms with E-state index >= 15 is 0 Å². The molecule has 180 valence electrons. The van der Waals surface area contributed by atoms with Crippen molar-refractivity contribution in [2.75, 3.05) is 13.2 Å². The Labute approximate surface area is 189 Å². The summed E-state index contributed by atoms with van der Waals surface area (Å²) in [4.78, 5) is 58.6. The first kappa shape index (κ1) is 26.9. The van der Waals surface area contributed by atoms with Crippen molar-refractivity contribution in [2.24, 2.45) is 11.7 Å². The molecule has 0 saturated heterocycles. The third-order valence-corrected chi connectivity index (χ3v) is 4.24. The summed E-state index contributed by atoms with van der Waals surface area (Å²) in [5.74, 6) is -5.46. The molecular formula is C20H27N5O8. The molecule has 0 fully saturated rings. The van der Waals surface area contributed by atoms with Crippen LogP contribution in [0, 0.1) is 11.3 Å². The van der Waals surface area contributed by atoms with Gasteiger partial charge in [-0.1, -0.05) is 13.8 Å². The molecule has 0 bridgehead atoms. The summed E-state index contributed by atoms with van der Waals surface area (Å²) in [6, 6.07) is 3.27. The van der Waals surface area contributed by atoms with Gasteiger partial charge in [0.15, 0.2) is 6.61 Å². The number of benzene rings is 1. The van der Waals surface area contributed by atoms with Crippen molar-refractivity contribution in [1.82, 2.24) is 16.0 Å². The van der Waals surface area contributed by atoms with Crippen LogP contribution in [0.3, 0.4) is 0 Å². The summed E-state index contributed by atoms with van der Waals surface area (Å²) in [6.45, 7) is 2.11. The predicted molar refractivity (Wildman–Crippen MR) is 115 cm³/mol. The first-order valence-corrected chi connectivity index (χ1v) is 9.79. The average molecular weight is 465 g/mol. The highest BCUT2D eigenvalue weighted by Gasteiger charge is 2.29. The topological polar surface area (TPSA) is 221 Å². The van der Waals surface area contributed by atoms with Crippen LogP contribution in [-0.2, 0) is 24.0 Å². The fourth-order valence-corrected chi connectivity index (χ4v) is 2.51. The van der Waals surface area contributed by atoms with Crippen molar-refractivity contribution in [1.29, 1.82) is 5.41 Å². The maximum absolute atomic E-state index is 12.3. The van der Waals surface area contributed by atoms with E-state index in [1.807, 2.05) is 0 Å². The van der Waals surface area contributed by atoms with E-state index in [1.54, 1.807) is 13.8 Å². The van der Waals surface area contributed by atoms with E-state index in [9.17, 15) is 24.0 Å². The van der Waals surface area contributed by atoms with Crippen LogP contribution in [0.4, 0.5) is 0 Å². The van der Waals surface area contributed by atoms with Crippen LogP contribution in [0.2, 0.25) is 0 Å². The Bertz CT molecular complexity index is 900. The van der Waals surface area contributed by atoms with E-state index in [0.29, 0.717) is 11.3 Å². The molecule has 13 heteroatoms. The van der Waals surface area contributed by atoms with Crippen molar-refractivity contribution in [2.45, 2.75) is 32.4 Å². The van der Waals surface area contributed by atoms with Gasteiger partial charge in [0, 0.05) is 5.56 Å². The van der Waals surface area contributed by atoms with Crippen LogP contribution >= 0.6 is 0 Å². The fourth-order valence-electron chi connectivity index (χ4n) is 2.51. The minimum Gasteiger partial charge on any atom is -0.484 e. The van der Waals surface area contributed by atoms with E-state index in [0.717, 1.165) is 0 Å². The highest BCUT2D eigenvalue weighted by atomic mass is 16.5. The minimum atomic E-state index is -1.54. The first-order chi connectivity index (χ1) is 15.4. The Morgan fingerprint density at radius 3 is 2.12 bits per heavy atom. The molecule has 0 aliphatic rings. The third kappa shape index (κ3) is 9.67. The van der Waals surface area contributed by atoms with Crippen molar-refractivity contribution < 1.29 is 38.9 Å². The van der Waals surface area contributed by atoms with Gasteiger partial charge in [-0.15, -0.1) is 0 Å². The number of nitrogens with one attached hydrogen (secondary N) is 4. The maximum Gasteiger partial charge on any atom is 0.326 e. The average Bonchev–Trinajstić information content (AvgIpc) is 2.73. The Balaban J connectivity index is 2.58. The van der Waals surface area contributed by atoms with Crippen LogP contribution in [0.1, 0.15) is 25.8 Å². The second-order valence-electron chi connectivity index (χ2n) is 7.29. The zero-order chi connectivity index (χ0) is 25.1. The largest absolute Gasteiger partial charge is 0.484 e. The molecule has 0 radical (unpaired) electrons. The first-order valence-electron chi connectivity index (χ1n) is 9.79. The molecule has 13 nitrogen and oxygen atoms in total. The standard InChI is InChI=1S/C20H27N5O8/c1-10(2)17(20(31)32)25-19(30)13(7-16(28)29)24-14(26)8-23-15(27)9-33-12-5-3-11(4-6-12)18(21)22/h3-6,10,13,17H,7-9H2,1-2H3,(H3,21,22)(H,23,27)(H,24,26)(H,25,30)(H,28,29)(H,31,32)/t13-,17-/m0/s1. The fraction of sp³-hybridized carbons (Fsp3) is 0.400. The zero-order valence-electron chi connectivity index (χ0n) is 18.1. The smallest absolute Gasteiger partial charge is 0.326 e. The summed E-state index contributed by atoms with van der Waals surface area (Å²) >= 11 is 0. The van der Waals surface area contributed by atoms with Gasteiger partial charge >= 0.3 is 11.9 Å². The summed E-state index contributed by atoms with van der Waals surface area (Å²) in [5, 5.41) is 32.1. The quantitative estimate of drug-likeness (QED) is 0.135. The van der Waals surface area contributed by atoms with Gasteiger partial charge in [-0.2, -0.15) is 0 Å². The number of amidine groups is 1. The van der Waals surface area contributed by atoms with E-state index in [4.69, 9.17) is 26.1 Å². The Kier molecular flexibility index (Phi) is 10.3. The predicted octanol–water partition coefficient (Wildman–Crippen LogP) is -1.35. The van der Waals surface area contributed by atoms with Gasteiger partial charge < -0.3 is 36.6 Å². The number of nitrogen functional groups attached to an aromatic ring is 1. The van der Waals surface area contributed by atoms with Crippen molar-refractivity contribution in [3.63, 3.8) is 0 Å². The Morgan fingerprint density at radius 2 is 1.64 bits per heavy atom. The molecule has 2 atom stereocenters. The molecule has 0 spiro atoms. The summed E-state index contributed by atoms with van der Waals surface area (Å²) in [7, 11) is 0.